The van der Waals surface area contributed by atoms with Gasteiger partial charge in [-0.15, -0.1) is 0 Å². The fourth-order valence-corrected chi connectivity index (χ4v) is 2.62. The molecule has 1 heteroatoms. The lowest BCUT2D eigenvalue weighted by Gasteiger charge is -2.19. The summed E-state index contributed by atoms with van der Waals surface area (Å²) in [5, 5.41) is 0. The molecule has 108 valence electrons. The van der Waals surface area contributed by atoms with Gasteiger partial charge >= 0.3 is 0 Å². The van der Waals surface area contributed by atoms with Crippen LogP contribution in [0.5, 0.6) is 0 Å². The zero-order chi connectivity index (χ0) is 15.2. The minimum atomic E-state index is -0.0782. The third-order valence-corrected chi connectivity index (χ3v) is 3.79. The lowest BCUT2D eigenvalue weighted by molar-refractivity contribution is -0.119. The molecule has 2 aromatic rings. The minimum Gasteiger partial charge on any atom is -0.299 e. The summed E-state index contributed by atoms with van der Waals surface area (Å²) in [6.45, 7) is 5.84. The predicted octanol–water partition coefficient (Wildman–Crippen LogP) is 5.02. The average molecular weight is 278 g/mol. The second-order valence-electron chi connectivity index (χ2n) is 5.63. The first-order valence-electron chi connectivity index (χ1n) is 7.38. The zero-order valence-corrected chi connectivity index (χ0v) is 12.9. The summed E-state index contributed by atoms with van der Waals surface area (Å²) in [6.07, 6.45) is 4.22. The summed E-state index contributed by atoms with van der Waals surface area (Å²) < 4.78 is 0. The van der Waals surface area contributed by atoms with Gasteiger partial charge in [-0.1, -0.05) is 79.2 Å². The van der Waals surface area contributed by atoms with E-state index in [2.05, 4.69) is 62.4 Å². The number of carbonyl (C=O) groups excluding carboxylic acids is 1. The fourth-order valence-electron chi connectivity index (χ4n) is 2.62. The molecule has 0 aliphatic heterocycles. The SMILES string of the molecule is CC(=O)[C@H](c1ccc(C)cc1)[C@@H](C)/C=C/c1ccccc1. The van der Waals surface area contributed by atoms with Gasteiger partial charge in [-0.2, -0.15) is 0 Å². The minimum absolute atomic E-state index is 0.0782. The topological polar surface area (TPSA) is 17.1 Å². The first-order chi connectivity index (χ1) is 10.1. The molecule has 0 aromatic heterocycles. The van der Waals surface area contributed by atoms with Gasteiger partial charge < -0.3 is 0 Å². The van der Waals surface area contributed by atoms with Crippen molar-refractivity contribution in [2.45, 2.75) is 26.7 Å². The molecular formula is C20H22O. The first kappa shape index (κ1) is 15.2. The van der Waals surface area contributed by atoms with E-state index in [0.29, 0.717) is 0 Å². The lowest BCUT2D eigenvalue weighted by atomic mass is 9.83. The van der Waals surface area contributed by atoms with E-state index >= 15 is 0 Å². The quantitative estimate of drug-likeness (QED) is 0.750. The number of hydrogen-bond donors (Lipinski definition) is 0. The van der Waals surface area contributed by atoms with E-state index in [4.69, 9.17) is 0 Å². The molecule has 0 radical (unpaired) electrons. The van der Waals surface area contributed by atoms with Gasteiger partial charge in [0.05, 0.1) is 0 Å². The van der Waals surface area contributed by atoms with Gasteiger partial charge in [-0.3, -0.25) is 4.79 Å². The maximum atomic E-state index is 12.0. The smallest absolute Gasteiger partial charge is 0.137 e. The van der Waals surface area contributed by atoms with Gasteiger partial charge in [0.1, 0.15) is 5.78 Å². The molecule has 0 aliphatic rings. The van der Waals surface area contributed by atoms with E-state index < -0.39 is 0 Å². The third kappa shape index (κ3) is 4.16. The standard InChI is InChI=1S/C20H22O/c1-15-9-13-19(14-10-15)20(17(3)21)16(2)11-12-18-7-5-4-6-8-18/h4-14,16,20H,1-3H3/b12-11+/t16-,20+/m0/s1. The largest absolute Gasteiger partial charge is 0.299 e. The molecule has 0 heterocycles. The maximum absolute atomic E-state index is 12.0. The van der Waals surface area contributed by atoms with Gasteiger partial charge in [0.25, 0.3) is 0 Å². The molecule has 1 nitrogen and oxygen atoms in total. The molecule has 2 rings (SSSR count). The van der Waals surface area contributed by atoms with Crippen molar-refractivity contribution in [3.63, 3.8) is 0 Å². The van der Waals surface area contributed by atoms with Crippen LogP contribution in [0, 0.1) is 12.8 Å². The highest BCUT2D eigenvalue weighted by atomic mass is 16.1. The predicted molar refractivity (Wildman–Crippen MR) is 89.2 cm³/mol. The monoisotopic (exact) mass is 278 g/mol. The molecule has 2 atom stereocenters. The molecule has 0 saturated carbocycles. The molecule has 21 heavy (non-hydrogen) atoms. The Kier molecular flexibility index (Phi) is 5.10. The molecule has 0 bridgehead atoms. The molecule has 0 saturated heterocycles. The third-order valence-electron chi connectivity index (χ3n) is 3.79. The number of hydrogen-bond acceptors (Lipinski definition) is 1. The van der Waals surface area contributed by atoms with E-state index in [-0.39, 0.29) is 17.6 Å². The van der Waals surface area contributed by atoms with E-state index in [1.54, 1.807) is 6.92 Å². The molecule has 0 unspecified atom stereocenters. The molecule has 2 aromatic carbocycles. The Labute approximate surface area is 127 Å². The zero-order valence-electron chi connectivity index (χ0n) is 12.9. The second kappa shape index (κ2) is 7.03. The van der Waals surface area contributed by atoms with E-state index in [1.807, 2.05) is 18.2 Å². The highest BCUT2D eigenvalue weighted by molar-refractivity contribution is 5.84. The van der Waals surface area contributed by atoms with Crippen LogP contribution >= 0.6 is 0 Å². The van der Waals surface area contributed by atoms with Crippen LogP contribution < -0.4 is 0 Å². The first-order valence-corrected chi connectivity index (χ1v) is 7.38. The van der Waals surface area contributed by atoms with Crippen molar-refractivity contribution >= 4 is 11.9 Å². The summed E-state index contributed by atoms with van der Waals surface area (Å²) >= 11 is 0. The van der Waals surface area contributed by atoms with Crippen LogP contribution in [-0.2, 0) is 4.79 Å². The Bertz CT molecular complexity index is 608. The summed E-state index contributed by atoms with van der Waals surface area (Å²) in [5.74, 6) is 0.306. The Morgan fingerprint density at radius 1 is 1.00 bits per heavy atom. The number of carbonyl (C=O) groups is 1. The Morgan fingerprint density at radius 2 is 1.62 bits per heavy atom. The van der Waals surface area contributed by atoms with E-state index in [1.165, 1.54) is 5.56 Å². The molecule has 0 N–H and O–H groups in total. The van der Waals surface area contributed by atoms with Crippen LogP contribution in [0.15, 0.2) is 60.7 Å². The van der Waals surface area contributed by atoms with Gasteiger partial charge in [0.2, 0.25) is 0 Å². The highest BCUT2D eigenvalue weighted by Crippen LogP contribution is 2.27. The van der Waals surface area contributed by atoms with Crippen LogP contribution in [0.1, 0.15) is 36.5 Å². The Balaban J connectivity index is 2.20. The Hall–Kier alpha value is -2.15. The van der Waals surface area contributed by atoms with Gasteiger partial charge in [-0.25, -0.2) is 0 Å². The highest BCUT2D eigenvalue weighted by Gasteiger charge is 2.21. The number of ketones is 1. The normalized spacial score (nSPS) is 14.0. The van der Waals surface area contributed by atoms with Crippen molar-refractivity contribution in [3.05, 3.63) is 77.4 Å². The van der Waals surface area contributed by atoms with Crippen LogP contribution in [0.3, 0.4) is 0 Å². The van der Waals surface area contributed by atoms with Crippen LogP contribution in [0.4, 0.5) is 0 Å². The average Bonchev–Trinajstić information content (AvgIpc) is 2.48. The van der Waals surface area contributed by atoms with Gasteiger partial charge in [0, 0.05) is 5.92 Å². The summed E-state index contributed by atoms with van der Waals surface area (Å²) in [7, 11) is 0. The van der Waals surface area contributed by atoms with Crippen molar-refractivity contribution < 1.29 is 4.79 Å². The summed E-state index contributed by atoms with van der Waals surface area (Å²) in [4.78, 5) is 12.0. The van der Waals surface area contributed by atoms with Gasteiger partial charge in [-0.05, 0) is 30.9 Å². The van der Waals surface area contributed by atoms with Crippen LogP contribution in [0.25, 0.3) is 6.08 Å². The van der Waals surface area contributed by atoms with Gasteiger partial charge in [0.15, 0.2) is 0 Å². The van der Waals surface area contributed by atoms with E-state index in [0.717, 1.165) is 11.1 Å². The number of benzene rings is 2. The fraction of sp³-hybridized carbons (Fsp3) is 0.250. The number of aryl methyl sites for hydroxylation is 1. The molecule has 0 fully saturated rings. The number of rotatable bonds is 5. The second-order valence-corrected chi connectivity index (χ2v) is 5.63. The van der Waals surface area contributed by atoms with Crippen molar-refractivity contribution in [2.75, 3.05) is 0 Å². The summed E-state index contributed by atoms with van der Waals surface area (Å²) in [5.41, 5.74) is 3.47. The van der Waals surface area contributed by atoms with Crippen molar-refractivity contribution in [1.29, 1.82) is 0 Å². The van der Waals surface area contributed by atoms with E-state index in [9.17, 15) is 4.79 Å². The molecule has 0 aliphatic carbocycles. The molecule has 0 spiro atoms. The number of allylic oxidation sites excluding steroid dienone is 1. The number of Topliss-reactive ketones (excluding diaryl/α,β-unsaturated/α-hetero) is 1. The maximum Gasteiger partial charge on any atom is 0.137 e. The molecule has 0 amide bonds. The van der Waals surface area contributed by atoms with Crippen molar-refractivity contribution in [1.82, 2.24) is 0 Å². The Morgan fingerprint density at radius 3 is 2.19 bits per heavy atom. The van der Waals surface area contributed by atoms with Crippen molar-refractivity contribution in [2.24, 2.45) is 5.92 Å². The lowest BCUT2D eigenvalue weighted by Crippen LogP contribution is -2.16. The summed E-state index contributed by atoms with van der Waals surface area (Å²) in [6, 6.07) is 18.4. The van der Waals surface area contributed by atoms with Crippen LogP contribution in [0.2, 0.25) is 0 Å². The van der Waals surface area contributed by atoms with Crippen LogP contribution in [-0.4, -0.2) is 5.78 Å². The van der Waals surface area contributed by atoms with Crippen molar-refractivity contribution in [3.8, 4) is 0 Å². The molecular weight excluding hydrogens is 256 g/mol.